The molecule has 0 saturated carbocycles. The van der Waals surface area contributed by atoms with E-state index in [0.29, 0.717) is 0 Å². The van der Waals surface area contributed by atoms with Gasteiger partial charge in [0.15, 0.2) is 10.8 Å². The largest absolute Gasteiger partial charge is 0.481 e. The number of anilines is 1. The number of pyridine rings is 1. The van der Waals surface area contributed by atoms with Crippen LogP contribution in [-0.4, -0.2) is 66.0 Å². The predicted molar refractivity (Wildman–Crippen MR) is 112 cm³/mol. The maximum Gasteiger partial charge on any atom is 0.342 e. The molecule has 3 aromatic rings. The fourth-order valence-electron chi connectivity index (χ4n) is 2.55. The molecule has 174 valence electrons. The third-order valence-corrected chi connectivity index (χ3v) is 5.25. The van der Waals surface area contributed by atoms with Crippen molar-refractivity contribution >= 4 is 28.0 Å². The molecular weight excluding hydrogens is 458 g/mol. The average molecular weight is 477 g/mol. The fourth-order valence-corrected chi connectivity index (χ4v) is 3.74. The number of aromatic nitrogens is 5. The molecule has 0 spiro atoms. The molecule has 0 unspecified atom stereocenters. The van der Waals surface area contributed by atoms with Crippen molar-refractivity contribution in [3.05, 3.63) is 42.2 Å². The lowest BCUT2D eigenvalue weighted by molar-refractivity contribution is 0.0521. The van der Waals surface area contributed by atoms with Crippen LogP contribution in [-0.2, 0) is 14.8 Å². The van der Waals surface area contributed by atoms with Crippen LogP contribution in [0.1, 0.15) is 17.3 Å². The number of carbonyl (C=O) groups is 2. The molecule has 0 saturated heterocycles. The van der Waals surface area contributed by atoms with Gasteiger partial charge in [0.1, 0.15) is 5.56 Å². The van der Waals surface area contributed by atoms with Crippen molar-refractivity contribution in [3.8, 4) is 17.6 Å². The molecule has 3 aromatic heterocycles. The first-order valence-electron chi connectivity index (χ1n) is 9.26. The van der Waals surface area contributed by atoms with Gasteiger partial charge in [-0.15, -0.1) is 0 Å². The molecule has 0 fully saturated rings. The second kappa shape index (κ2) is 9.90. The van der Waals surface area contributed by atoms with Gasteiger partial charge >= 0.3 is 12.0 Å². The zero-order valence-electron chi connectivity index (χ0n) is 17.7. The van der Waals surface area contributed by atoms with Gasteiger partial charge in [-0.3, -0.25) is 5.32 Å². The Bertz CT molecular complexity index is 1240. The highest BCUT2D eigenvalue weighted by Gasteiger charge is 2.32. The molecular formula is C18H19N7O7S. The summed E-state index contributed by atoms with van der Waals surface area (Å²) in [6, 6.07) is 4.82. The summed E-state index contributed by atoms with van der Waals surface area (Å²) in [5.41, 5.74) is -0.387. The average Bonchev–Trinajstić information content (AvgIpc) is 3.25. The van der Waals surface area contributed by atoms with Gasteiger partial charge in [0.05, 0.1) is 33.1 Å². The smallest absolute Gasteiger partial charge is 0.342 e. The highest BCUT2D eigenvalue weighted by atomic mass is 32.2. The summed E-state index contributed by atoms with van der Waals surface area (Å²) >= 11 is 0. The first-order chi connectivity index (χ1) is 15.8. The number of carbonyl (C=O) groups excluding carboxylic acids is 2. The number of amides is 2. The second-order valence-electron chi connectivity index (χ2n) is 6.02. The van der Waals surface area contributed by atoms with Crippen LogP contribution in [0.2, 0.25) is 0 Å². The van der Waals surface area contributed by atoms with E-state index in [9.17, 15) is 18.0 Å². The van der Waals surface area contributed by atoms with Gasteiger partial charge in [-0.25, -0.2) is 24.0 Å². The molecule has 15 heteroatoms. The summed E-state index contributed by atoms with van der Waals surface area (Å²) in [6.45, 7) is 1.55. The highest BCUT2D eigenvalue weighted by molar-refractivity contribution is 7.90. The molecule has 0 radical (unpaired) electrons. The number of rotatable bonds is 8. The van der Waals surface area contributed by atoms with Crippen molar-refractivity contribution in [1.82, 2.24) is 29.5 Å². The summed E-state index contributed by atoms with van der Waals surface area (Å²) in [7, 11) is -1.98. The van der Waals surface area contributed by atoms with Crippen LogP contribution in [0.4, 0.5) is 10.7 Å². The van der Waals surface area contributed by atoms with Crippen LogP contribution >= 0.6 is 0 Å². The molecule has 0 bridgehead atoms. The number of urea groups is 1. The third-order valence-electron chi connectivity index (χ3n) is 3.89. The van der Waals surface area contributed by atoms with Crippen LogP contribution in [0.15, 0.2) is 41.7 Å². The second-order valence-corrected chi connectivity index (χ2v) is 7.62. The Kier molecular flexibility index (Phi) is 7.02. The van der Waals surface area contributed by atoms with Gasteiger partial charge in [-0.05, 0) is 19.1 Å². The molecule has 2 N–H and O–H groups in total. The van der Waals surface area contributed by atoms with Crippen LogP contribution in [0.5, 0.6) is 11.8 Å². The van der Waals surface area contributed by atoms with Crippen molar-refractivity contribution in [3.63, 3.8) is 0 Å². The Hall–Kier alpha value is -4.27. The van der Waals surface area contributed by atoms with Crippen LogP contribution in [0.25, 0.3) is 5.82 Å². The topological polar surface area (TPSA) is 177 Å². The minimum Gasteiger partial charge on any atom is -0.481 e. The Morgan fingerprint density at radius 1 is 1.12 bits per heavy atom. The molecule has 33 heavy (non-hydrogen) atoms. The van der Waals surface area contributed by atoms with E-state index in [1.54, 1.807) is 23.8 Å². The van der Waals surface area contributed by atoms with Gasteiger partial charge < -0.3 is 14.2 Å². The maximum atomic E-state index is 13.1. The normalized spacial score (nSPS) is 10.9. The van der Waals surface area contributed by atoms with Gasteiger partial charge in [-0.1, -0.05) is 6.07 Å². The molecule has 0 atom stereocenters. The molecule has 0 aromatic carbocycles. The highest BCUT2D eigenvalue weighted by Crippen LogP contribution is 2.21. The van der Waals surface area contributed by atoms with Gasteiger partial charge in [-0.2, -0.15) is 23.5 Å². The third kappa shape index (κ3) is 5.32. The zero-order valence-corrected chi connectivity index (χ0v) is 18.5. The van der Waals surface area contributed by atoms with E-state index in [2.05, 4.69) is 25.4 Å². The molecule has 3 heterocycles. The summed E-state index contributed by atoms with van der Waals surface area (Å²) in [4.78, 5) is 36.6. The summed E-state index contributed by atoms with van der Waals surface area (Å²) in [5, 5.41) is 5.47. The summed E-state index contributed by atoms with van der Waals surface area (Å²) < 4.78 is 43.8. The minimum absolute atomic E-state index is 0.00395. The van der Waals surface area contributed by atoms with E-state index in [1.165, 1.54) is 32.5 Å². The van der Waals surface area contributed by atoms with E-state index in [4.69, 9.17) is 14.2 Å². The molecule has 3 rings (SSSR count). The lowest BCUT2D eigenvalue weighted by atomic mass is 10.4. The van der Waals surface area contributed by atoms with E-state index < -0.39 is 27.0 Å². The molecule has 0 aliphatic carbocycles. The molecule has 0 aliphatic rings. The molecule has 0 aliphatic heterocycles. The first-order valence-corrected chi connectivity index (χ1v) is 10.7. The Morgan fingerprint density at radius 3 is 2.39 bits per heavy atom. The number of sulfonamides is 1. The standard InChI is InChI=1S/C18H19N7O7S/c1-4-32-16(26)11-10-20-25(12-7-5-6-8-19-12)15(11)33(28,29)24-18(27)23-17-21-13(30-2)9-14(22-17)31-3/h5-10H,4H2,1-3H3,(H2,21,22,23,24,27). The fraction of sp³-hybridized carbons (Fsp3) is 0.222. The number of nitrogens with zero attached hydrogens (tertiary/aromatic N) is 5. The zero-order chi connectivity index (χ0) is 24.0. The van der Waals surface area contributed by atoms with Crippen molar-refractivity contribution in [2.75, 3.05) is 26.1 Å². The van der Waals surface area contributed by atoms with E-state index in [-0.39, 0.29) is 35.7 Å². The van der Waals surface area contributed by atoms with Gasteiger partial charge in [0, 0.05) is 6.20 Å². The van der Waals surface area contributed by atoms with Crippen molar-refractivity contribution in [1.29, 1.82) is 0 Å². The Labute approximate surface area is 188 Å². The van der Waals surface area contributed by atoms with Gasteiger partial charge in [0.25, 0.3) is 10.0 Å². The van der Waals surface area contributed by atoms with Gasteiger partial charge in [0.2, 0.25) is 17.7 Å². The summed E-state index contributed by atoms with van der Waals surface area (Å²) in [5.74, 6) is -1.01. The summed E-state index contributed by atoms with van der Waals surface area (Å²) in [6.07, 6.45) is 2.42. The van der Waals surface area contributed by atoms with E-state index >= 15 is 0 Å². The molecule has 14 nitrogen and oxygen atoms in total. The van der Waals surface area contributed by atoms with Crippen molar-refractivity contribution in [2.45, 2.75) is 11.9 Å². The maximum absolute atomic E-state index is 13.1. The quantitative estimate of drug-likeness (QED) is 0.438. The minimum atomic E-state index is -4.66. The van der Waals surface area contributed by atoms with Crippen LogP contribution < -0.4 is 19.5 Å². The Morgan fingerprint density at radius 2 is 1.82 bits per heavy atom. The predicted octanol–water partition coefficient (Wildman–Crippen LogP) is 0.762. The SMILES string of the molecule is CCOC(=O)c1cnn(-c2ccccn2)c1S(=O)(=O)NC(=O)Nc1nc(OC)cc(OC)n1. The van der Waals surface area contributed by atoms with Crippen molar-refractivity contribution < 1.29 is 32.2 Å². The van der Waals surface area contributed by atoms with Crippen LogP contribution in [0, 0.1) is 0 Å². The molecule has 2 amide bonds. The number of hydrogen-bond donors (Lipinski definition) is 2. The number of ether oxygens (including phenoxy) is 3. The Balaban J connectivity index is 1.95. The monoisotopic (exact) mass is 477 g/mol. The number of methoxy groups -OCH3 is 2. The van der Waals surface area contributed by atoms with E-state index in [1.807, 2.05) is 0 Å². The number of nitrogens with one attached hydrogen (secondary N) is 2. The van der Waals surface area contributed by atoms with Crippen molar-refractivity contribution in [2.24, 2.45) is 0 Å². The first kappa shape index (κ1) is 23.4. The number of esters is 1. The lowest BCUT2D eigenvalue weighted by Gasteiger charge is -2.12. The lowest BCUT2D eigenvalue weighted by Crippen LogP contribution is -2.36. The van der Waals surface area contributed by atoms with E-state index in [0.717, 1.165) is 10.9 Å². The number of hydrogen-bond acceptors (Lipinski definition) is 11. The van der Waals surface area contributed by atoms with Crippen LogP contribution in [0.3, 0.4) is 0 Å².